The number of halogens is 1. The molecule has 1 aromatic carbocycles. The van der Waals surface area contributed by atoms with Crippen LogP contribution in [-0.4, -0.2) is 6.54 Å². The van der Waals surface area contributed by atoms with Gasteiger partial charge in [-0.05, 0) is 73.6 Å². The molecular formula is C17H26FN. The van der Waals surface area contributed by atoms with Crippen molar-refractivity contribution in [3.63, 3.8) is 0 Å². The molecule has 0 aliphatic heterocycles. The predicted molar refractivity (Wildman–Crippen MR) is 78.6 cm³/mol. The Labute approximate surface area is 116 Å². The molecule has 0 amide bonds. The second-order valence-electron chi connectivity index (χ2n) is 6.43. The quantitative estimate of drug-likeness (QED) is 0.867. The van der Waals surface area contributed by atoms with Crippen molar-refractivity contribution < 1.29 is 4.39 Å². The van der Waals surface area contributed by atoms with Crippen molar-refractivity contribution in [1.29, 1.82) is 0 Å². The lowest BCUT2D eigenvalue weighted by Crippen LogP contribution is -2.30. The van der Waals surface area contributed by atoms with E-state index in [9.17, 15) is 4.39 Å². The molecule has 0 radical (unpaired) electrons. The van der Waals surface area contributed by atoms with E-state index in [0.717, 1.165) is 23.5 Å². The number of aryl methyl sites for hydroxylation is 1. The van der Waals surface area contributed by atoms with Gasteiger partial charge in [-0.1, -0.05) is 26.0 Å². The van der Waals surface area contributed by atoms with E-state index >= 15 is 0 Å². The van der Waals surface area contributed by atoms with E-state index in [1.54, 1.807) is 6.07 Å². The lowest BCUT2D eigenvalue weighted by Gasteiger charge is -2.37. The van der Waals surface area contributed by atoms with E-state index in [2.05, 4.69) is 19.9 Å². The molecule has 19 heavy (non-hydrogen) atoms. The van der Waals surface area contributed by atoms with Gasteiger partial charge in [-0.25, -0.2) is 4.39 Å². The predicted octanol–water partition coefficient (Wildman–Crippen LogP) is 4.25. The van der Waals surface area contributed by atoms with Crippen LogP contribution in [0.1, 0.15) is 50.2 Å². The maximum absolute atomic E-state index is 13.8. The van der Waals surface area contributed by atoms with E-state index in [4.69, 9.17) is 5.73 Å². The monoisotopic (exact) mass is 263 g/mol. The second-order valence-corrected chi connectivity index (χ2v) is 6.43. The van der Waals surface area contributed by atoms with Crippen LogP contribution >= 0.6 is 0 Å². The summed E-state index contributed by atoms with van der Waals surface area (Å²) in [7, 11) is 0. The van der Waals surface area contributed by atoms with Crippen LogP contribution in [0.4, 0.5) is 4.39 Å². The van der Waals surface area contributed by atoms with Crippen LogP contribution in [0.15, 0.2) is 18.2 Å². The number of hydrogen-bond donors (Lipinski definition) is 1. The van der Waals surface area contributed by atoms with Gasteiger partial charge in [-0.2, -0.15) is 0 Å². The second kappa shape index (κ2) is 6.04. The normalized spacial score (nSPS) is 27.8. The van der Waals surface area contributed by atoms with E-state index in [0.29, 0.717) is 24.3 Å². The first-order valence-electron chi connectivity index (χ1n) is 7.49. The van der Waals surface area contributed by atoms with Gasteiger partial charge >= 0.3 is 0 Å². The van der Waals surface area contributed by atoms with Crippen LogP contribution in [0.2, 0.25) is 0 Å². The smallest absolute Gasteiger partial charge is 0.126 e. The Morgan fingerprint density at radius 3 is 2.63 bits per heavy atom. The van der Waals surface area contributed by atoms with Gasteiger partial charge in [-0.15, -0.1) is 0 Å². The first kappa shape index (κ1) is 14.5. The highest BCUT2D eigenvalue weighted by molar-refractivity contribution is 5.27. The van der Waals surface area contributed by atoms with E-state index < -0.39 is 0 Å². The van der Waals surface area contributed by atoms with Crippen molar-refractivity contribution >= 4 is 0 Å². The third kappa shape index (κ3) is 3.17. The van der Waals surface area contributed by atoms with Gasteiger partial charge in [0.25, 0.3) is 0 Å². The lowest BCUT2D eigenvalue weighted by atomic mass is 9.68. The summed E-state index contributed by atoms with van der Waals surface area (Å²) in [6, 6.07) is 5.72. The number of hydrogen-bond acceptors (Lipinski definition) is 1. The molecule has 2 rings (SSSR count). The standard InChI is InChI=1S/C17H26FN/c1-11(2)13-6-7-15(10-19)16(8-13)14-5-4-12(3)17(18)9-14/h4-5,9,11,13,15-16H,6-8,10,19H2,1-3H3. The fraction of sp³-hybridized carbons (Fsp3) is 0.647. The lowest BCUT2D eigenvalue weighted by molar-refractivity contribution is 0.197. The highest BCUT2D eigenvalue weighted by Crippen LogP contribution is 2.42. The van der Waals surface area contributed by atoms with Crippen molar-refractivity contribution in [2.24, 2.45) is 23.5 Å². The van der Waals surface area contributed by atoms with Crippen LogP contribution < -0.4 is 5.73 Å². The first-order chi connectivity index (χ1) is 9.02. The summed E-state index contributed by atoms with van der Waals surface area (Å²) in [5.41, 5.74) is 7.80. The molecular weight excluding hydrogens is 237 g/mol. The molecule has 3 atom stereocenters. The Morgan fingerprint density at radius 2 is 2.05 bits per heavy atom. The minimum Gasteiger partial charge on any atom is -0.330 e. The summed E-state index contributed by atoms with van der Waals surface area (Å²) in [4.78, 5) is 0. The zero-order valence-electron chi connectivity index (χ0n) is 12.3. The maximum Gasteiger partial charge on any atom is 0.126 e. The van der Waals surface area contributed by atoms with Crippen molar-refractivity contribution in [2.75, 3.05) is 6.54 Å². The van der Waals surface area contributed by atoms with Gasteiger partial charge < -0.3 is 5.73 Å². The highest BCUT2D eigenvalue weighted by Gasteiger charge is 2.32. The highest BCUT2D eigenvalue weighted by atomic mass is 19.1. The molecule has 1 saturated carbocycles. The summed E-state index contributed by atoms with van der Waals surface area (Å²) in [5.74, 6) is 2.31. The Kier molecular flexibility index (Phi) is 4.62. The molecule has 0 heterocycles. The van der Waals surface area contributed by atoms with Crippen molar-refractivity contribution in [3.8, 4) is 0 Å². The van der Waals surface area contributed by atoms with E-state index in [1.807, 2.05) is 13.0 Å². The summed E-state index contributed by atoms with van der Waals surface area (Å²) >= 11 is 0. The molecule has 0 bridgehead atoms. The molecule has 106 valence electrons. The third-order valence-corrected chi connectivity index (χ3v) is 4.90. The van der Waals surface area contributed by atoms with Crippen LogP contribution in [-0.2, 0) is 0 Å². The Bertz CT molecular complexity index is 427. The summed E-state index contributed by atoms with van der Waals surface area (Å²) in [6.07, 6.45) is 3.60. The molecule has 1 aliphatic carbocycles. The van der Waals surface area contributed by atoms with Crippen LogP contribution in [0.3, 0.4) is 0 Å². The zero-order chi connectivity index (χ0) is 14.0. The van der Waals surface area contributed by atoms with E-state index in [1.165, 1.54) is 12.8 Å². The van der Waals surface area contributed by atoms with Crippen molar-refractivity contribution in [1.82, 2.24) is 0 Å². The number of benzene rings is 1. The average Bonchev–Trinajstić information content (AvgIpc) is 2.41. The van der Waals surface area contributed by atoms with Crippen LogP contribution in [0.25, 0.3) is 0 Å². The Balaban J connectivity index is 2.24. The van der Waals surface area contributed by atoms with Crippen molar-refractivity contribution in [3.05, 3.63) is 35.1 Å². The maximum atomic E-state index is 13.8. The fourth-order valence-corrected chi connectivity index (χ4v) is 3.40. The number of rotatable bonds is 3. The molecule has 1 aliphatic rings. The average molecular weight is 263 g/mol. The van der Waals surface area contributed by atoms with Gasteiger partial charge in [0.1, 0.15) is 5.82 Å². The largest absolute Gasteiger partial charge is 0.330 e. The molecule has 0 saturated heterocycles. The van der Waals surface area contributed by atoms with Crippen molar-refractivity contribution in [2.45, 2.75) is 46.0 Å². The van der Waals surface area contributed by atoms with Crippen LogP contribution in [0, 0.1) is 30.5 Å². The van der Waals surface area contributed by atoms with Gasteiger partial charge in [0, 0.05) is 0 Å². The minimum atomic E-state index is -0.0834. The van der Waals surface area contributed by atoms with Gasteiger partial charge in [-0.3, -0.25) is 0 Å². The number of nitrogens with two attached hydrogens (primary N) is 1. The summed E-state index contributed by atoms with van der Waals surface area (Å²) in [6.45, 7) is 7.11. The zero-order valence-corrected chi connectivity index (χ0v) is 12.3. The molecule has 1 fully saturated rings. The SMILES string of the molecule is Cc1ccc(C2CC(C(C)C)CCC2CN)cc1F. The van der Waals surface area contributed by atoms with Gasteiger partial charge in [0.2, 0.25) is 0 Å². The molecule has 2 N–H and O–H groups in total. The third-order valence-electron chi connectivity index (χ3n) is 4.90. The molecule has 0 aromatic heterocycles. The fourth-order valence-electron chi connectivity index (χ4n) is 3.40. The first-order valence-corrected chi connectivity index (χ1v) is 7.49. The van der Waals surface area contributed by atoms with Crippen LogP contribution in [0.5, 0.6) is 0 Å². The Morgan fingerprint density at radius 1 is 1.32 bits per heavy atom. The molecule has 1 nitrogen and oxygen atoms in total. The van der Waals surface area contributed by atoms with E-state index in [-0.39, 0.29) is 5.82 Å². The molecule has 3 unspecified atom stereocenters. The molecule has 0 spiro atoms. The van der Waals surface area contributed by atoms with Gasteiger partial charge in [0.15, 0.2) is 0 Å². The minimum absolute atomic E-state index is 0.0834. The molecule has 2 heteroatoms. The van der Waals surface area contributed by atoms with Gasteiger partial charge in [0.05, 0.1) is 0 Å². The topological polar surface area (TPSA) is 26.0 Å². The molecule has 1 aromatic rings. The summed E-state index contributed by atoms with van der Waals surface area (Å²) in [5, 5.41) is 0. The Hall–Kier alpha value is -0.890. The summed E-state index contributed by atoms with van der Waals surface area (Å²) < 4.78 is 13.8.